The first-order chi connectivity index (χ1) is 12.0. The van der Waals surface area contributed by atoms with E-state index in [1.807, 2.05) is 25.7 Å². The molecule has 0 aliphatic carbocycles. The van der Waals surface area contributed by atoms with Gasteiger partial charge in [-0.15, -0.1) is 24.8 Å². The third-order valence-electron chi connectivity index (χ3n) is 4.19. The normalized spacial score (nSPS) is 15.3. The van der Waals surface area contributed by atoms with Gasteiger partial charge in [0.15, 0.2) is 0 Å². The molecule has 2 atom stereocenters. The van der Waals surface area contributed by atoms with Gasteiger partial charge in [-0.25, -0.2) is 4.98 Å². The van der Waals surface area contributed by atoms with Gasteiger partial charge in [0, 0.05) is 31.9 Å². The highest BCUT2D eigenvalue weighted by Crippen LogP contribution is 2.26. The van der Waals surface area contributed by atoms with E-state index in [1.165, 1.54) is 11.8 Å². The summed E-state index contributed by atoms with van der Waals surface area (Å²) in [5, 5.41) is 6.55. The Labute approximate surface area is 178 Å². The van der Waals surface area contributed by atoms with Crippen LogP contribution in [-0.4, -0.2) is 59.2 Å². The number of rotatable bonds is 8. The molecule has 0 bridgehead atoms. The topological polar surface area (TPSA) is 74.3 Å². The Balaban J connectivity index is 0.00000338. The van der Waals surface area contributed by atoms with Crippen LogP contribution in [0.15, 0.2) is 23.4 Å². The number of halogens is 2. The van der Waals surface area contributed by atoms with E-state index < -0.39 is 0 Å². The molecule has 1 unspecified atom stereocenters. The zero-order valence-electron chi connectivity index (χ0n) is 16.1. The minimum Gasteiger partial charge on any atom is -0.350 e. The molecule has 2 N–H and O–H groups in total. The summed E-state index contributed by atoms with van der Waals surface area (Å²) < 4.78 is 0. The van der Waals surface area contributed by atoms with Crippen molar-refractivity contribution in [3.8, 4) is 0 Å². The second kappa shape index (κ2) is 13.2. The Kier molecular flexibility index (Phi) is 12.7. The number of thioether (sulfide) groups is 1. The number of carbonyl (C=O) groups is 2. The third kappa shape index (κ3) is 7.86. The van der Waals surface area contributed by atoms with E-state index >= 15 is 0 Å². The number of hydrogen-bond donors (Lipinski definition) is 2. The molecule has 1 aliphatic rings. The van der Waals surface area contributed by atoms with Crippen molar-refractivity contribution in [2.45, 2.75) is 49.9 Å². The van der Waals surface area contributed by atoms with Gasteiger partial charge in [-0.3, -0.25) is 9.59 Å². The van der Waals surface area contributed by atoms with Gasteiger partial charge in [0.25, 0.3) is 5.91 Å². The van der Waals surface area contributed by atoms with Gasteiger partial charge in [-0.1, -0.05) is 18.7 Å². The van der Waals surface area contributed by atoms with Crippen LogP contribution in [0.25, 0.3) is 0 Å². The summed E-state index contributed by atoms with van der Waals surface area (Å²) in [6, 6.07) is 3.72. The molecular formula is C18H30Cl2N4O2S. The quantitative estimate of drug-likeness (QED) is 0.612. The van der Waals surface area contributed by atoms with Crippen LogP contribution in [0.4, 0.5) is 0 Å². The molecule has 6 nitrogen and oxygen atoms in total. The Morgan fingerprint density at radius 2 is 1.93 bits per heavy atom. The van der Waals surface area contributed by atoms with Crippen LogP contribution >= 0.6 is 36.6 Å². The predicted octanol–water partition coefficient (Wildman–Crippen LogP) is 2.76. The summed E-state index contributed by atoms with van der Waals surface area (Å²) in [4.78, 5) is 31.2. The molecule has 9 heteroatoms. The molecule has 1 aromatic rings. The number of hydrogen-bond acceptors (Lipinski definition) is 5. The minimum absolute atomic E-state index is 0. The van der Waals surface area contributed by atoms with E-state index in [9.17, 15) is 9.59 Å². The lowest BCUT2D eigenvalue weighted by Crippen LogP contribution is -2.39. The highest BCUT2D eigenvalue weighted by atomic mass is 35.5. The van der Waals surface area contributed by atoms with Gasteiger partial charge < -0.3 is 15.5 Å². The maximum atomic E-state index is 12.5. The summed E-state index contributed by atoms with van der Waals surface area (Å²) in [5.41, 5.74) is 0.525. The summed E-state index contributed by atoms with van der Waals surface area (Å²) in [6.07, 6.45) is 3.81. The molecular weight excluding hydrogens is 407 g/mol. The first kappa shape index (κ1) is 26.0. The lowest BCUT2D eigenvalue weighted by Gasteiger charge is -2.20. The van der Waals surface area contributed by atoms with Crippen LogP contribution in [0.5, 0.6) is 0 Å². The monoisotopic (exact) mass is 436 g/mol. The summed E-state index contributed by atoms with van der Waals surface area (Å²) >= 11 is 1.36. The molecule has 1 aliphatic heterocycles. The zero-order chi connectivity index (χ0) is 18.2. The number of nitrogens with zero attached hydrogens (tertiary/aromatic N) is 2. The lowest BCUT2D eigenvalue weighted by molar-refractivity contribution is -0.129. The van der Waals surface area contributed by atoms with Crippen LogP contribution in [-0.2, 0) is 4.79 Å². The molecule has 27 heavy (non-hydrogen) atoms. The van der Waals surface area contributed by atoms with Gasteiger partial charge in [-0.05, 0) is 45.4 Å². The molecule has 0 spiro atoms. The van der Waals surface area contributed by atoms with E-state index in [1.54, 1.807) is 18.3 Å². The van der Waals surface area contributed by atoms with E-state index in [0.717, 1.165) is 32.5 Å². The summed E-state index contributed by atoms with van der Waals surface area (Å²) in [5.74, 6) is -0.0264. The molecule has 2 amide bonds. The first-order valence-corrected chi connectivity index (χ1v) is 9.83. The fraction of sp³-hybridized carbons (Fsp3) is 0.611. The number of carbonyl (C=O) groups excluding carboxylic acids is 2. The Morgan fingerprint density at radius 1 is 1.26 bits per heavy atom. The van der Waals surface area contributed by atoms with Crippen LogP contribution in [0.3, 0.4) is 0 Å². The fourth-order valence-electron chi connectivity index (χ4n) is 2.83. The van der Waals surface area contributed by atoms with Crippen molar-refractivity contribution >= 4 is 48.4 Å². The fourth-order valence-corrected chi connectivity index (χ4v) is 3.83. The average molecular weight is 437 g/mol. The van der Waals surface area contributed by atoms with E-state index in [4.69, 9.17) is 0 Å². The first-order valence-electron chi connectivity index (χ1n) is 8.95. The number of pyridine rings is 1. The maximum absolute atomic E-state index is 12.5. The number of likely N-dealkylation sites (N-methyl/N-ethyl adjacent to an activating group) is 1. The molecule has 2 rings (SSSR count). The lowest BCUT2D eigenvalue weighted by atomic mass is 10.2. The van der Waals surface area contributed by atoms with Crippen molar-refractivity contribution in [2.75, 3.05) is 26.2 Å². The number of nitrogens with one attached hydrogen (secondary N) is 2. The summed E-state index contributed by atoms with van der Waals surface area (Å²) in [6.45, 7) is 9.03. The largest absolute Gasteiger partial charge is 0.350 e. The van der Waals surface area contributed by atoms with Crippen LogP contribution < -0.4 is 10.6 Å². The van der Waals surface area contributed by atoms with Crippen LogP contribution in [0.2, 0.25) is 0 Å². The van der Waals surface area contributed by atoms with Gasteiger partial charge in [0.1, 0.15) is 5.03 Å². The molecule has 0 aromatic carbocycles. The predicted molar refractivity (Wildman–Crippen MR) is 115 cm³/mol. The number of amides is 2. The molecule has 0 saturated carbocycles. The van der Waals surface area contributed by atoms with E-state index in [2.05, 4.69) is 15.6 Å². The second-order valence-electron chi connectivity index (χ2n) is 6.32. The van der Waals surface area contributed by atoms with Crippen LogP contribution in [0.1, 0.15) is 44.0 Å². The molecule has 2 heterocycles. The smallest absolute Gasteiger partial charge is 0.254 e. The van der Waals surface area contributed by atoms with E-state index in [0.29, 0.717) is 17.1 Å². The Bertz CT molecular complexity index is 600. The van der Waals surface area contributed by atoms with Crippen molar-refractivity contribution < 1.29 is 9.59 Å². The standard InChI is InChI=1S/C18H28N4O2S.2ClH/c1-4-19-13(2)12-21-16(23)15-8-7-9-20-17(15)25-14(3)18(24)22-10-5-6-11-22;;/h7-9,13-14,19H,4-6,10-12H2,1-3H3,(H,21,23);2*1H/t13-,14?;;/m1../s1. The van der Waals surface area contributed by atoms with Gasteiger partial charge in [-0.2, -0.15) is 0 Å². The van der Waals surface area contributed by atoms with Crippen molar-refractivity contribution in [3.05, 3.63) is 23.9 Å². The zero-order valence-corrected chi connectivity index (χ0v) is 18.5. The van der Waals surface area contributed by atoms with Gasteiger partial charge in [0.2, 0.25) is 5.91 Å². The number of aromatic nitrogens is 1. The summed E-state index contributed by atoms with van der Waals surface area (Å²) in [7, 11) is 0. The molecule has 1 aromatic heterocycles. The molecule has 154 valence electrons. The highest BCUT2D eigenvalue weighted by molar-refractivity contribution is 8.00. The van der Waals surface area contributed by atoms with Crippen molar-refractivity contribution in [1.29, 1.82) is 0 Å². The minimum atomic E-state index is -0.250. The number of likely N-dealkylation sites (tertiary alicyclic amines) is 1. The second-order valence-corrected chi connectivity index (χ2v) is 7.65. The molecule has 0 radical (unpaired) electrons. The SMILES string of the molecule is CCN[C@H](C)CNC(=O)c1cccnc1SC(C)C(=O)N1CCCC1.Cl.Cl. The maximum Gasteiger partial charge on any atom is 0.254 e. The molecule has 1 fully saturated rings. The molecule has 1 saturated heterocycles. The van der Waals surface area contributed by atoms with Crippen LogP contribution in [0, 0.1) is 0 Å². The van der Waals surface area contributed by atoms with Crippen molar-refractivity contribution in [3.63, 3.8) is 0 Å². The van der Waals surface area contributed by atoms with Gasteiger partial charge in [0.05, 0.1) is 10.8 Å². The van der Waals surface area contributed by atoms with Gasteiger partial charge >= 0.3 is 0 Å². The third-order valence-corrected chi connectivity index (χ3v) is 5.29. The van der Waals surface area contributed by atoms with E-state index in [-0.39, 0.29) is 47.9 Å². The Hall–Kier alpha value is -1.02. The average Bonchev–Trinajstić information content (AvgIpc) is 3.14. The van der Waals surface area contributed by atoms with Crippen molar-refractivity contribution in [1.82, 2.24) is 20.5 Å². The Morgan fingerprint density at radius 3 is 2.56 bits per heavy atom. The van der Waals surface area contributed by atoms with Crippen molar-refractivity contribution in [2.24, 2.45) is 0 Å². The highest BCUT2D eigenvalue weighted by Gasteiger charge is 2.25.